The van der Waals surface area contributed by atoms with Crippen LogP contribution in [0.4, 0.5) is 11.4 Å². The number of hydrogen-bond acceptors (Lipinski definition) is 3. The Morgan fingerprint density at radius 1 is 0.931 bits per heavy atom. The Morgan fingerprint density at radius 3 is 2.41 bits per heavy atom. The highest BCUT2D eigenvalue weighted by Crippen LogP contribution is 2.26. The van der Waals surface area contributed by atoms with Crippen LogP contribution < -0.4 is 15.4 Å². The summed E-state index contributed by atoms with van der Waals surface area (Å²) in [6, 6.07) is 19.6. The van der Waals surface area contributed by atoms with Gasteiger partial charge in [0.2, 0.25) is 0 Å². The third-order valence-corrected chi connectivity index (χ3v) is 4.55. The van der Waals surface area contributed by atoms with Gasteiger partial charge in [0.15, 0.2) is 6.61 Å². The molecule has 0 aliphatic rings. The number of carbonyl (C=O) groups is 2. The van der Waals surface area contributed by atoms with Gasteiger partial charge in [-0.2, -0.15) is 0 Å². The summed E-state index contributed by atoms with van der Waals surface area (Å²) in [5.41, 5.74) is 3.54. The lowest BCUT2D eigenvalue weighted by Gasteiger charge is -2.12. The number of rotatable bonds is 6. The van der Waals surface area contributed by atoms with Crippen LogP contribution in [0.5, 0.6) is 5.75 Å². The Labute approximate surface area is 174 Å². The van der Waals surface area contributed by atoms with E-state index in [1.165, 1.54) is 0 Å². The molecule has 0 heterocycles. The van der Waals surface area contributed by atoms with Crippen LogP contribution in [-0.2, 0) is 4.79 Å². The third kappa shape index (κ3) is 5.59. The van der Waals surface area contributed by atoms with E-state index in [0.29, 0.717) is 27.7 Å². The monoisotopic (exact) mass is 408 g/mol. The number of aryl methyl sites for hydroxylation is 2. The maximum Gasteiger partial charge on any atom is 0.262 e. The molecular formula is C23H21ClN2O3. The summed E-state index contributed by atoms with van der Waals surface area (Å²) < 4.78 is 5.61. The number of halogens is 1. The second-order valence-corrected chi connectivity index (χ2v) is 7.03. The highest BCUT2D eigenvalue weighted by molar-refractivity contribution is 6.34. The summed E-state index contributed by atoms with van der Waals surface area (Å²) in [5.74, 6) is 0.117. The number of hydrogen-bond donors (Lipinski definition) is 2. The molecule has 29 heavy (non-hydrogen) atoms. The van der Waals surface area contributed by atoms with Crippen LogP contribution in [0.3, 0.4) is 0 Å². The van der Waals surface area contributed by atoms with Crippen molar-refractivity contribution >= 4 is 34.8 Å². The largest absolute Gasteiger partial charge is 0.483 e. The van der Waals surface area contributed by atoms with Gasteiger partial charge in [-0.25, -0.2) is 0 Å². The predicted octanol–water partition coefficient (Wildman–Crippen LogP) is 5.23. The van der Waals surface area contributed by atoms with Gasteiger partial charge in [-0.3, -0.25) is 9.59 Å². The molecule has 0 saturated carbocycles. The fourth-order valence-electron chi connectivity index (χ4n) is 2.68. The van der Waals surface area contributed by atoms with Gasteiger partial charge in [0.1, 0.15) is 5.75 Å². The number of amides is 2. The van der Waals surface area contributed by atoms with Crippen molar-refractivity contribution in [2.75, 3.05) is 17.2 Å². The zero-order chi connectivity index (χ0) is 20.8. The van der Waals surface area contributed by atoms with E-state index in [1.54, 1.807) is 42.5 Å². The molecule has 148 valence electrons. The van der Waals surface area contributed by atoms with E-state index in [1.807, 2.05) is 38.1 Å². The number of benzene rings is 3. The van der Waals surface area contributed by atoms with Crippen LogP contribution in [0.25, 0.3) is 0 Å². The molecule has 0 aliphatic heterocycles. The van der Waals surface area contributed by atoms with Gasteiger partial charge < -0.3 is 15.4 Å². The van der Waals surface area contributed by atoms with Gasteiger partial charge in [-0.1, -0.05) is 41.9 Å². The average molecular weight is 409 g/mol. The summed E-state index contributed by atoms with van der Waals surface area (Å²) >= 11 is 6.26. The van der Waals surface area contributed by atoms with E-state index < -0.39 is 0 Å². The molecule has 5 nitrogen and oxygen atoms in total. The van der Waals surface area contributed by atoms with Gasteiger partial charge >= 0.3 is 0 Å². The molecule has 0 saturated heterocycles. The number of nitrogens with one attached hydrogen (secondary N) is 2. The van der Waals surface area contributed by atoms with Gasteiger partial charge in [0, 0.05) is 11.3 Å². The molecule has 6 heteroatoms. The van der Waals surface area contributed by atoms with Crippen molar-refractivity contribution in [1.82, 2.24) is 0 Å². The topological polar surface area (TPSA) is 67.4 Å². The average Bonchev–Trinajstić information content (AvgIpc) is 2.71. The van der Waals surface area contributed by atoms with Crippen LogP contribution in [0, 0.1) is 13.8 Å². The molecule has 3 aromatic carbocycles. The molecule has 0 fully saturated rings. The fraction of sp³-hybridized carbons (Fsp3) is 0.130. The van der Waals surface area contributed by atoms with E-state index in [0.717, 1.165) is 11.1 Å². The standard InChI is InChI=1S/C23H21ClN2O3/c1-15-8-9-16(2)21(12-15)29-14-22(27)25-18-10-11-20(19(24)13-18)26-23(28)17-6-4-3-5-7-17/h3-13H,14H2,1-2H3,(H,25,27)(H,26,28). The highest BCUT2D eigenvalue weighted by atomic mass is 35.5. The first-order valence-electron chi connectivity index (χ1n) is 9.08. The minimum Gasteiger partial charge on any atom is -0.483 e. The van der Waals surface area contributed by atoms with Gasteiger partial charge in [0.05, 0.1) is 10.7 Å². The molecule has 2 N–H and O–H groups in total. The normalized spacial score (nSPS) is 10.3. The quantitative estimate of drug-likeness (QED) is 0.587. The molecule has 2 amide bonds. The van der Waals surface area contributed by atoms with Crippen molar-refractivity contribution in [1.29, 1.82) is 0 Å². The van der Waals surface area contributed by atoms with Crippen LogP contribution in [0.15, 0.2) is 66.7 Å². The summed E-state index contributed by atoms with van der Waals surface area (Å²) in [7, 11) is 0. The minimum atomic E-state index is -0.303. The molecule has 0 bridgehead atoms. The molecule has 0 unspecified atom stereocenters. The van der Waals surface area contributed by atoms with Crippen LogP contribution in [-0.4, -0.2) is 18.4 Å². The maximum absolute atomic E-state index is 12.2. The highest BCUT2D eigenvalue weighted by Gasteiger charge is 2.10. The Morgan fingerprint density at radius 2 is 1.69 bits per heavy atom. The Kier molecular flexibility index (Phi) is 6.52. The zero-order valence-electron chi connectivity index (χ0n) is 16.2. The first-order chi connectivity index (χ1) is 13.9. The van der Waals surface area contributed by atoms with E-state index in [9.17, 15) is 9.59 Å². The molecule has 0 aromatic heterocycles. The Balaban J connectivity index is 1.59. The number of anilines is 2. The fourth-order valence-corrected chi connectivity index (χ4v) is 2.91. The lowest BCUT2D eigenvalue weighted by Crippen LogP contribution is -2.20. The van der Waals surface area contributed by atoms with E-state index >= 15 is 0 Å². The summed E-state index contributed by atoms with van der Waals surface area (Å²) in [4.78, 5) is 24.4. The Bertz CT molecular complexity index is 1040. The molecule has 0 spiro atoms. The molecule has 0 aliphatic carbocycles. The molecular weight excluding hydrogens is 388 g/mol. The first kappa shape index (κ1) is 20.4. The maximum atomic E-state index is 12.2. The van der Waals surface area contributed by atoms with Crippen LogP contribution in [0.1, 0.15) is 21.5 Å². The summed E-state index contributed by atoms with van der Waals surface area (Å²) in [5, 5.41) is 5.82. The second kappa shape index (κ2) is 9.26. The van der Waals surface area contributed by atoms with Crippen LogP contribution in [0.2, 0.25) is 5.02 Å². The van der Waals surface area contributed by atoms with Crippen molar-refractivity contribution in [3.63, 3.8) is 0 Å². The predicted molar refractivity (Wildman–Crippen MR) is 116 cm³/mol. The van der Waals surface area contributed by atoms with Gasteiger partial charge in [-0.05, 0) is 61.4 Å². The molecule has 3 aromatic rings. The molecule has 0 radical (unpaired) electrons. The van der Waals surface area contributed by atoms with Crippen molar-refractivity contribution in [2.24, 2.45) is 0 Å². The third-order valence-electron chi connectivity index (χ3n) is 4.24. The summed E-state index contributed by atoms with van der Waals surface area (Å²) in [6.07, 6.45) is 0. The van der Waals surface area contributed by atoms with E-state index in [4.69, 9.17) is 16.3 Å². The summed E-state index contributed by atoms with van der Waals surface area (Å²) in [6.45, 7) is 3.77. The minimum absolute atomic E-state index is 0.117. The number of ether oxygens (including phenoxy) is 1. The molecule has 3 rings (SSSR count). The second-order valence-electron chi connectivity index (χ2n) is 6.62. The van der Waals surface area contributed by atoms with Gasteiger partial charge in [0.25, 0.3) is 11.8 Å². The van der Waals surface area contributed by atoms with Crippen molar-refractivity contribution in [2.45, 2.75) is 13.8 Å². The lowest BCUT2D eigenvalue weighted by molar-refractivity contribution is -0.118. The van der Waals surface area contributed by atoms with Crippen molar-refractivity contribution in [3.05, 3.63) is 88.4 Å². The first-order valence-corrected chi connectivity index (χ1v) is 9.46. The molecule has 0 atom stereocenters. The number of carbonyl (C=O) groups excluding carboxylic acids is 2. The zero-order valence-corrected chi connectivity index (χ0v) is 16.9. The SMILES string of the molecule is Cc1ccc(C)c(OCC(=O)Nc2ccc(NC(=O)c3ccccc3)c(Cl)c2)c1. The van der Waals surface area contributed by atoms with Crippen molar-refractivity contribution < 1.29 is 14.3 Å². The van der Waals surface area contributed by atoms with E-state index in [-0.39, 0.29) is 18.4 Å². The lowest BCUT2D eigenvalue weighted by atomic mass is 10.1. The van der Waals surface area contributed by atoms with E-state index in [2.05, 4.69) is 10.6 Å². The van der Waals surface area contributed by atoms with Gasteiger partial charge in [-0.15, -0.1) is 0 Å². The van der Waals surface area contributed by atoms with Crippen molar-refractivity contribution in [3.8, 4) is 5.75 Å². The van der Waals surface area contributed by atoms with Crippen LogP contribution >= 0.6 is 11.6 Å². The Hall–Kier alpha value is -3.31. The smallest absolute Gasteiger partial charge is 0.262 e.